The van der Waals surface area contributed by atoms with Crippen LogP contribution in [0.5, 0.6) is 0 Å². The quantitative estimate of drug-likeness (QED) is 0.681. The summed E-state index contributed by atoms with van der Waals surface area (Å²) >= 11 is 2.97. The Labute approximate surface area is 83.3 Å². The summed E-state index contributed by atoms with van der Waals surface area (Å²) < 4.78 is 24.2. The minimum atomic E-state index is -3.03. The van der Waals surface area contributed by atoms with Crippen molar-refractivity contribution in [2.24, 2.45) is 0 Å². The molecule has 0 spiro atoms. The molecule has 0 aromatic rings. The van der Waals surface area contributed by atoms with Crippen LogP contribution in [0.3, 0.4) is 0 Å². The first-order valence-electron chi connectivity index (χ1n) is 4.12. The molecule has 0 fully saturated rings. The van der Waals surface area contributed by atoms with Crippen molar-refractivity contribution >= 4 is 26.0 Å². The summed E-state index contributed by atoms with van der Waals surface area (Å²) in [5, 5.41) is 0. The van der Waals surface area contributed by atoms with E-state index in [1.54, 1.807) is 0 Å². The second-order valence-electron chi connectivity index (χ2n) is 2.57. The number of sulfonamides is 1. The largest absolute Gasteiger partial charge is 0.224 e. The highest BCUT2D eigenvalue weighted by molar-refractivity contribution is 9.10. The minimum absolute atomic E-state index is 0.0254. The molecule has 0 saturated heterocycles. The Morgan fingerprint density at radius 2 is 1.92 bits per heavy atom. The zero-order valence-electron chi connectivity index (χ0n) is 7.59. The molecule has 0 aromatic carbocycles. The van der Waals surface area contributed by atoms with Crippen LogP contribution in [0.15, 0.2) is 0 Å². The van der Waals surface area contributed by atoms with Gasteiger partial charge in [-0.3, -0.25) is 0 Å². The first-order chi connectivity index (χ1) is 5.58. The van der Waals surface area contributed by atoms with Gasteiger partial charge in [0, 0.05) is 13.1 Å². The Balaban J connectivity index is 4.15. The van der Waals surface area contributed by atoms with E-state index in [0.717, 1.165) is 12.8 Å². The topological polar surface area (TPSA) is 37.4 Å². The molecular formula is C7H16BrNO2S. The molecule has 0 heterocycles. The molecule has 5 heteroatoms. The van der Waals surface area contributed by atoms with E-state index in [1.807, 2.05) is 6.92 Å². The van der Waals surface area contributed by atoms with Gasteiger partial charge in [0.25, 0.3) is 0 Å². The third kappa shape index (κ3) is 3.87. The number of hydrogen-bond acceptors (Lipinski definition) is 2. The van der Waals surface area contributed by atoms with E-state index < -0.39 is 10.0 Å². The Morgan fingerprint density at radius 3 is 2.25 bits per heavy atom. The fourth-order valence-electron chi connectivity index (χ4n) is 0.897. The van der Waals surface area contributed by atoms with Crippen LogP contribution in [0.1, 0.15) is 26.7 Å². The molecule has 0 aromatic heterocycles. The smallest absolute Gasteiger partial charge is 0.211 e. The molecule has 0 amide bonds. The molecule has 0 bridgehead atoms. The van der Waals surface area contributed by atoms with Crippen molar-refractivity contribution in [3.63, 3.8) is 0 Å². The van der Waals surface area contributed by atoms with E-state index in [9.17, 15) is 8.42 Å². The summed E-state index contributed by atoms with van der Waals surface area (Å²) in [4.78, 5) is 0. The molecule has 0 aliphatic rings. The summed E-state index contributed by atoms with van der Waals surface area (Å²) in [5.41, 5.74) is 0. The van der Waals surface area contributed by atoms with Gasteiger partial charge in [0.15, 0.2) is 0 Å². The summed E-state index contributed by atoms with van der Waals surface area (Å²) in [6, 6.07) is 0. The molecule has 0 unspecified atom stereocenters. The molecule has 0 aliphatic heterocycles. The van der Waals surface area contributed by atoms with Gasteiger partial charge in [-0.25, -0.2) is 12.7 Å². The lowest BCUT2D eigenvalue weighted by atomic mass is 10.3. The monoisotopic (exact) mass is 257 g/mol. The average molecular weight is 258 g/mol. The van der Waals surface area contributed by atoms with Gasteiger partial charge >= 0.3 is 0 Å². The van der Waals surface area contributed by atoms with Gasteiger partial charge in [-0.1, -0.05) is 36.2 Å². The first-order valence-corrected chi connectivity index (χ1v) is 6.85. The molecule has 0 atom stereocenters. The number of halogens is 1. The van der Waals surface area contributed by atoms with E-state index in [1.165, 1.54) is 4.31 Å². The SMILES string of the molecule is CCCCN(CC)S(=O)(=O)CBr. The van der Waals surface area contributed by atoms with Crippen LogP contribution in [-0.2, 0) is 10.0 Å². The highest BCUT2D eigenvalue weighted by Crippen LogP contribution is 2.06. The predicted molar refractivity (Wildman–Crippen MR) is 54.9 cm³/mol. The summed E-state index contributed by atoms with van der Waals surface area (Å²) in [5.74, 6) is 0. The van der Waals surface area contributed by atoms with Gasteiger partial charge in [0.2, 0.25) is 10.0 Å². The van der Waals surface area contributed by atoms with Crippen molar-refractivity contribution in [3.05, 3.63) is 0 Å². The standard InChI is InChI=1S/C7H16BrNO2S/c1-3-5-6-9(4-2)12(10,11)7-8/h3-7H2,1-2H3. The molecule has 0 rings (SSSR count). The zero-order chi connectivity index (χ0) is 9.61. The third-order valence-corrected chi connectivity index (χ3v) is 4.88. The highest BCUT2D eigenvalue weighted by atomic mass is 79.9. The van der Waals surface area contributed by atoms with Crippen molar-refractivity contribution < 1.29 is 8.42 Å². The lowest BCUT2D eigenvalue weighted by Crippen LogP contribution is -2.32. The van der Waals surface area contributed by atoms with Gasteiger partial charge in [0.1, 0.15) is 4.66 Å². The maximum Gasteiger partial charge on any atom is 0.224 e. The van der Waals surface area contributed by atoms with Crippen molar-refractivity contribution in [2.75, 3.05) is 17.8 Å². The summed E-state index contributed by atoms with van der Waals surface area (Å²) in [6.07, 6.45) is 1.95. The highest BCUT2D eigenvalue weighted by Gasteiger charge is 2.17. The van der Waals surface area contributed by atoms with Crippen molar-refractivity contribution in [1.29, 1.82) is 0 Å². The molecular weight excluding hydrogens is 242 g/mol. The normalized spacial score (nSPS) is 12.3. The van der Waals surface area contributed by atoms with Gasteiger partial charge in [-0.05, 0) is 6.42 Å². The van der Waals surface area contributed by atoms with Crippen molar-refractivity contribution in [2.45, 2.75) is 26.7 Å². The number of alkyl halides is 1. The molecule has 0 radical (unpaired) electrons. The molecule has 12 heavy (non-hydrogen) atoms. The number of hydrogen-bond donors (Lipinski definition) is 0. The molecule has 0 saturated carbocycles. The second kappa shape index (κ2) is 5.94. The van der Waals surface area contributed by atoms with Crippen LogP contribution in [0.2, 0.25) is 0 Å². The van der Waals surface area contributed by atoms with Crippen LogP contribution in [-0.4, -0.2) is 30.5 Å². The Morgan fingerprint density at radius 1 is 1.33 bits per heavy atom. The fourth-order valence-corrected chi connectivity index (χ4v) is 2.70. The van der Waals surface area contributed by atoms with E-state index in [2.05, 4.69) is 22.9 Å². The van der Waals surface area contributed by atoms with Crippen molar-refractivity contribution in [1.82, 2.24) is 4.31 Å². The second-order valence-corrected chi connectivity index (χ2v) is 5.84. The molecule has 74 valence electrons. The predicted octanol–water partition coefficient (Wildman–Crippen LogP) is 1.79. The fraction of sp³-hybridized carbons (Fsp3) is 1.00. The van der Waals surface area contributed by atoms with E-state index in [4.69, 9.17) is 0 Å². The molecule has 0 N–H and O–H groups in total. The maximum atomic E-state index is 11.3. The number of rotatable bonds is 6. The summed E-state index contributed by atoms with van der Waals surface area (Å²) in [6.45, 7) is 5.11. The van der Waals surface area contributed by atoms with Gasteiger partial charge in [-0.2, -0.15) is 0 Å². The van der Waals surface area contributed by atoms with Gasteiger partial charge in [-0.15, -0.1) is 0 Å². The lowest BCUT2D eigenvalue weighted by Gasteiger charge is -2.18. The van der Waals surface area contributed by atoms with Gasteiger partial charge in [0.05, 0.1) is 0 Å². The van der Waals surface area contributed by atoms with Gasteiger partial charge < -0.3 is 0 Å². The number of nitrogens with zero attached hydrogens (tertiary/aromatic N) is 1. The zero-order valence-corrected chi connectivity index (χ0v) is 9.99. The first kappa shape index (κ1) is 12.4. The minimum Gasteiger partial charge on any atom is -0.211 e. The third-order valence-electron chi connectivity index (χ3n) is 1.65. The number of unbranched alkanes of at least 4 members (excludes halogenated alkanes) is 1. The van der Waals surface area contributed by atoms with Crippen molar-refractivity contribution in [3.8, 4) is 0 Å². The van der Waals surface area contributed by atoms with Crippen LogP contribution in [0.4, 0.5) is 0 Å². The lowest BCUT2D eigenvalue weighted by molar-refractivity contribution is 0.422. The Bertz CT molecular complexity index is 203. The Kier molecular flexibility index (Phi) is 6.13. The Hall–Kier alpha value is 0.390. The van der Waals surface area contributed by atoms with Crippen LogP contribution in [0.25, 0.3) is 0 Å². The van der Waals surface area contributed by atoms with E-state index >= 15 is 0 Å². The van der Waals surface area contributed by atoms with E-state index in [0.29, 0.717) is 13.1 Å². The average Bonchev–Trinajstić information content (AvgIpc) is 2.05. The van der Waals surface area contributed by atoms with E-state index in [-0.39, 0.29) is 4.66 Å². The summed E-state index contributed by atoms with van der Waals surface area (Å²) in [7, 11) is -3.03. The molecule has 3 nitrogen and oxygen atoms in total. The van der Waals surface area contributed by atoms with Crippen LogP contribution < -0.4 is 0 Å². The van der Waals surface area contributed by atoms with Crippen LogP contribution >= 0.6 is 15.9 Å². The van der Waals surface area contributed by atoms with Crippen LogP contribution in [0, 0.1) is 0 Å². The maximum absolute atomic E-state index is 11.3. The molecule has 0 aliphatic carbocycles.